The lowest BCUT2D eigenvalue weighted by molar-refractivity contribution is -0.160. The Morgan fingerprint density at radius 3 is 2.45 bits per heavy atom. The minimum Gasteiger partial charge on any atom is -0.381 e. The maximum atomic E-state index is 13.0. The lowest BCUT2D eigenvalue weighted by atomic mass is 9.71. The Labute approximate surface area is 122 Å². The molecule has 1 spiro atoms. The van der Waals surface area contributed by atoms with Gasteiger partial charge >= 0.3 is 0 Å². The summed E-state index contributed by atoms with van der Waals surface area (Å²) in [5.41, 5.74) is 0.151. The summed E-state index contributed by atoms with van der Waals surface area (Å²) < 4.78 is 11.5. The highest BCUT2D eigenvalue weighted by molar-refractivity contribution is 5.84. The largest absolute Gasteiger partial charge is 0.381 e. The van der Waals surface area contributed by atoms with Gasteiger partial charge < -0.3 is 9.47 Å². The predicted molar refractivity (Wildman–Crippen MR) is 77.6 cm³/mol. The first-order valence-corrected chi connectivity index (χ1v) is 8.28. The highest BCUT2D eigenvalue weighted by Gasteiger charge is 2.46. The predicted octanol–water partition coefficient (Wildman–Crippen LogP) is 3.36. The number of ketones is 1. The quantitative estimate of drug-likeness (QED) is 0.778. The molecule has 3 aliphatic rings. The van der Waals surface area contributed by atoms with E-state index < -0.39 is 0 Å². The van der Waals surface area contributed by atoms with Crippen LogP contribution in [0.5, 0.6) is 0 Å². The minimum absolute atomic E-state index is 0.0560. The molecule has 3 fully saturated rings. The highest BCUT2D eigenvalue weighted by atomic mass is 16.5. The van der Waals surface area contributed by atoms with E-state index in [2.05, 4.69) is 13.8 Å². The van der Waals surface area contributed by atoms with Gasteiger partial charge in [0.1, 0.15) is 5.78 Å². The summed E-state index contributed by atoms with van der Waals surface area (Å²) in [6, 6.07) is 0. The van der Waals surface area contributed by atoms with Crippen molar-refractivity contribution in [3.05, 3.63) is 0 Å². The van der Waals surface area contributed by atoms with Crippen molar-refractivity contribution in [3.63, 3.8) is 0 Å². The van der Waals surface area contributed by atoms with E-state index in [0.717, 1.165) is 51.9 Å². The highest BCUT2D eigenvalue weighted by Crippen LogP contribution is 2.46. The van der Waals surface area contributed by atoms with Crippen molar-refractivity contribution in [1.29, 1.82) is 0 Å². The first-order chi connectivity index (χ1) is 9.53. The maximum Gasteiger partial charge on any atom is 0.139 e. The van der Waals surface area contributed by atoms with Crippen molar-refractivity contribution in [3.8, 4) is 0 Å². The zero-order chi connectivity index (χ0) is 14.2. The van der Waals surface area contributed by atoms with Gasteiger partial charge in [0.25, 0.3) is 0 Å². The van der Waals surface area contributed by atoms with Gasteiger partial charge in [-0.25, -0.2) is 0 Å². The van der Waals surface area contributed by atoms with Crippen molar-refractivity contribution in [2.75, 3.05) is 19.8 Å². The Kier molecular flexibility index (Phi) is 3.93. The number of hydrogen-bond acceptors (Lipinski definition) is 3. The van der Waals surface area contributed by atoms with Crippen LogP contribution in [0.3, 0.4) is 0 Å². The zero-order valence-electron chi connectivity index (χ0n) is 13.0. The van der Waals surface area contributed by atoms with Crippen LogP contribution in [-0.2, 0) is 14.3 Å². The van der Waals surface area contributed by atoms with Crippen LogP contribution >= 0.6 is 0 Å². The molecule has 3 heteroatoms. The number of rotatable bonds is 2. The smallest absolute Gasteiger partial charge is 0.139 e. The average Bonchev–Trinajstić information content (AvgIpc) is 2.78. The molecule has 3 nitrogen and oxygen atoms in total. The van der Waals surface area contributed by atoms with E-state index in [1.54, 1.807) is 0 Å². The van der Waals surface area contributed by atoms with Crippen molar-refractivity contribution in [2.24, 2.45) is 17.3 Å². The number of carbonyl (C=O) groups is 1. The molecule has 0 bridgehead atoms. The van der Waals surface area contributed by atoms with Crippen LogP contribution in [0.1, 0.15) is 58.8 Å². The molecule has 0 amide bonds. The fraction of sp³-hybridized carbons (Fsp3) is 0.941. The second kappa shape index (κ2) is 5.42. The molecule has 0 aromatic rings. The molecule has 0 aromatic heterocycles. The third kappa shape index (κ3) is 2.67. The van der Waals surface area contributed by atoms with Crippen LogP contribution in [0.2, 0.25) is 0 Å². The number of Topliss-reactive ketones (excluding diaryl/α,β-unsaturated/α-hetero) is 1. The Balaban J connectivity index is 1.69. The van der Waals surface area contributed by atoms with E-state index >= 15 is 0 Å². The van der Waals surface area contributed by atoms with Gasteiger partial charge in [0.15, 0.2) is 0 Å². The van der Waals surface area contributed by atoms with E-state index in [0.29, 0.717) is 5.78 Å². The van der Waals surface area contributed by atoms with Crippen LogP contribution in [0.15, 0.2) is 0 Å². The van der Waals surface area contributed by atoms with Gasteiger partial charge in [-0.3, -0.25) is 4.79 Å². The van der Waals surface area contributed by atoms with E-state index in [-0.39, 0.29) is 22.9 Å². The second-order valence-electron chi connectivity index (χ2n) is 7.67. The SMILES string of the molecule is CC1(C)CCCC1C(=O)C1CCOC2(CCOCC2)C1. The fourth-order valence-corrected chi connectivity index (χ4v) is 4.50. The standard InChI is InChI=1S/C17H28O3/c1-16(2)6-3-4-14(16)15(18)13-5-9-20-17(12-13)7-10-19-11-8-17/h13-14H,3-12H2,1-2H3. The second-order valence-corrected chi connectivity index (χ2v) is 7.67. The molecule has 2 unspecified atom stereocenters. The van der Waals surface area contributed by atoms with E-state index in [4.69, 9.17) is 9.47 Å². The lowest BCUT2D eigenvalue weighted by Crippen LogP contribution is -2.47. The Morgan fingerprint density at radius 1 is 1.05 bits per heavy atom. The molecule has 2 atom stereocenters. The summed E-state index contributed by atoms with van der Waals surface area (Å²) in [5, 5.41) is 0. The van der Waals surface area contributed by atoms with Crippen molar-refractivity contribution >= 4 is 5.78 Å². The summed E-state index contributed by atoms with van der Waals surface area (Å²) in [4.78, 5) is 13.0. The molecule has 114 valence electrons. The van der Waals surface area contributed by atoms with Crippen LogP contribution in [0, 0.1) is 17.3 Å². The summed E-state index contributed by atoms with van der Waals surface area (Å²) in [5.74, 6) is 1.04. The van der Waals surface area contributed by atoms with Crippen molar-refractivity contribution in [2.45, 2.75) is 64.4 Å². The van der Waals surface area contributed by atoms with Gasteiger partial charge in [-0.1, -0.05) is 20.3 Å². The maximum absolute atomic E-state index is 13.0. The topological polar surface area (TPSA) is 35.5 Å². The van der Waals surface area contributed by atoms with Crippen LogP contribution in [0.25, 0.3) is 0 Å². The Morgan fingerprint density at radius 2 is 1.80 bits per heavy atom. The summed E-state index contributed by atoms with van der Waals surface area (Å²) in [7, 11) is 0. The summed E-state index contributed by atoms with van der Waals surface area (Å²) >= 11 is 0. The molecule has 0 N–H and O–H groups in total. The van der Waals surface area contributed by atoms with Crippen molar-refractivity contribution in [1.82, 2.24) is 0 Å². The molecule has 1 saturated carbocycles. The number of ether oxygens (including phenoxy) is 2. The normalized spacial score (nSPS) is 36.1. The van der Waals surface area contributed by atoms with Gasteiger partial charge in [0, 0.05) is 31.7 Å². The molecule has 1 aliphatic carbocycles. The minimum atomic E-state index is -0.0560. The molecular formula is C17H28O3. The van der Waals surface area contributed by atoms with Gasteiger partial charge in [-0.05, 0) is 43.9 Å². The molecule has 20 heavy (non-hydrogen) atoms. The van der Waals surface area contributed by atoms with E-state index in [1.165, 1.54) is 12.8 Å². The van der Waals surface area contributed by atoms with Gasteiger partial charge in [-0.15, -0.1) is 0 Å². The molecule has 0 aromatic carbocycles. The Hall–Kier alpha value is -0.410. The summed E-state index contributed by atoms with van der Waals surface area (Å²) in [6.07, 6.45) is 7.29. The molecular weight excluding hydrogens is 252 g/mol. The average molecular weight is 280 g/mol. The van der Waals surface area contributed by atoms with E-state index in [1.807, 2.05) is 0 Å². The monoisotopic (exact) mass is 280 g/mol. The third-order valence-corrected chi connectivity index (χ3v) is 5.90. The third-order valence-electron chi connectivity index (χ3n) is 5.90. The van der Waals surface area contributed by atoms with E-state index in [9.17, 15) is 4.79 Å². The molecule has 3 rings (SSSR count). The zero-order valence-corrected chi connectivity index (χ0v) is 13.0. The number of carbonyl (C=O) groups excluding carboxylic acids is 1. The van der Waals surface area contributed by atoms with Gasteiger partial charge in [0.2, 0.25) is 0 Å². The number of hydrogen-bond donors (Lipinski definition) is 0. The molecule has 2 saturated heterocycles. The van der Waals surface area contributed by atoms with Gasteiger partial charge in [0.05, 0.1) is 5.60 Å². The van der Waals surface area contributed by atoms with Gasteiger partial charge in [-0.2, -0.15) is 0 Å². The summed E-state index contributed by atoms with van der Waals surface area (Å²) in [6.45, 7) is 6.87. The van der Waals surface area contributed by atoms with Crippen molar-refractivity contribution < 1.29 is 14.3 Å². The molecule has 0 radical (unpaired) electrons. The lowest BCUT2D eigenvalue weighted by Gasteiger charge is -2.44. The Bertz CT molecular complexity index is 363. The first-order valence-electron chi connectivity index (χ1n) is 8.28. The molecule has 2 heterocycles. The fourth-order valence-electron chi connectivity index (χ4n) is 4.50. The first kappa shape index (κ1) is 14.5. The molecule has 2 aliphatic heterocycles. The van der Waals surface area contributed by atoms with Crippen LogP contribution < -0.4 is 0 Å². The van der Waals surface area contributed by atoms with Crippen LogP contribution in [-0.4, -0.2) is 31.2 Å². The van der Waals surface area contributed by atoms with Crippen LogP contribution in [0.4, 0.5) is 0 Å².